The zero-order valence-corrected chi connectivity index (χ0v) is 5.07. The van der Waals surface area contributed by atoms with Crippen LogP contribution in [0.5, 0.6) is 0 Å². The van der Waals surface area contributed by atoms with Crippen molar-refractivity contribution in [2.24, 2.45) is 0 Å². The van der Waals surface area contributed by atoms with Crippen molar-refractivity contribution in [1.82, 2.24) is 5.32 Å². The normalized spacial score (nSPS) is 26.3. The molecule has 36 valence electrons. The second kappa shape index (κ2) is 1.55. The number of hydrogen-bond acceptors (Lipinski definition) is 2. The minimum atomic E-state index is 0.109. The molecule has 0 spiro atoms. The molecule has 0 unspecified atom stereocenters. The summed E-state index contributed by atoms with van der Waals surface area (Å²) in [5, 5.41) is 11.0. The molecular weight excluding hydrogens is 156 g/mol. The van der Waals surface area contributed by atoms with Gasteiger partial charge in [-0.2, -0.15) is 5.26 Å². The first-order chi connectivity index (χ1) is 3.34. The van der Waals surface area contributed by atoms with Gasteiger partial charge in [-0.25, -0.2) is 0 Å². The molecule has 0 saturated heterocycles. The largest absolute Gasteiger partial charge is 0.373 e. The third-order valence-electron chi connectivity index (χ3n) is 0.787. The monoisotopic (exact) mass is 158 g/mol. The molecule has 1 atom stereocenters. The van der Waals surface area contributed by atoms with Crippen molar-refractivity contribution in [3.8, 4) is 6.07 Å². The summed E-state index contributed by atoms with van der Waals surface area (Å²) in [5.74, 6) is 0. The van der Waals surface area contributed by atoms with Gasteiger partial charge in [0, 0.05) is 6.20 Å². The van der Waals surface area contributed by atoms with E-state index in [1.54, 1.807) is 6.20 Å². The summed E-state index contributed by atoms with van der Waals surface area (Å²) in [7, 11) is 0. The van der Waals surface area contributed by atoms with Gasteiger partial charge < -0.3 is 5.32 Å². The molecule has 7 heavy (non-hydrogen) atoms. The molecule has 0 aliphatic carbocycles. The van der Waals surface area contributed by atoms with E-state index in [2.05, 4.69) is 21.2 Å². The molecule has 0 bridgehead atoms. The van der Waals surface area contributed by atoms with E-state index in [9.17, 15) is 0 Å². The van der Waals surface area contributed by atoms with E-state index in [0.29, 0.717) is 0 Å². The van der Waals surface area contributed by atoms with Crippen LogP contribution in [0.25, 0.3) is 0 Å². The van der Waals surface area contributed by atoms with E-state index in [1.807, 2.05) is 6.07 Å². The average molecular weight is 159 g/mol. The number of alkyl halides is 1. The second-order valence-electron chi connectivity index (χ2n) is 1.24. The van der Waals surface area contributed by atoms with E-state index in [4.69, 9.17) is 5.26 Å². The van der Waals surface area contributed by atoms with Crippen molar-refractivity contribution in [2.45, 2.75) is 4.95 Å². The highest BCUT2D eigenvalue weighted by atomic mass is 79.9. The Bertz CT molecular complexity index is 144. The molecule has 1 heterocycles. The number of rotatable bonds is 0. The van der Waals surface area contributed by atoms with Gasteiger partial charge in [-0.15, -0.1) is 0 Å². The average Bonchev–Trinajstić information content (AvgIpc) is 1.65. The fraction of sp³-hybridized carbons (Fsp3) is 0.250. The Labute approximate surface area is 49.9 Å². The SMILES string of the molecule is N#CC1=CN[C@@H]1Br. The van der Waals surface area contributed by atoms with Gasteiger partial charge in [-0.3, -0.25) is 0 Å². The van der Waals surface area contributed by atoms with Crippen LogP contribution in [0.15, 0.2) is 11.8 Å². The molecular formula is C4H3BrN2. The first kappa shape index (κ1) is 4.66. The quantitative estimate of drug-likeness (QED) is 0.417. The lowest BCUT2D eigenvalue weighted by Gasteiger charge is -2.16. The second-order valence-corrected chi connectivity index (χ2v) is 2.16. The lowest BCUT2D eigenvalue weighted by atomic mass is 10.2. The molecule has 0 saturated carbocycles. The van der Waals surface area contributed by atoms with Crippen molar-refractivity contribution in [1.29, 1.82) is 5.26 Å². The smallest absolute Gasteiger partial charge is 0.118 e. The van der Waals surface area contributed by atoms with Crippen molar-refractivity contribution < 1.29 is 0 Å². The van der Waals surface area contributed by atoms with Crippen LogP contribution in [0.4, 0.5) is 0 Å². The van der Waals surface area contributed by atoms with Crippen molar-refractivity contribution in [2.75, 3.05) is 0 Å². The van der Waals surface area contributed by atoms with Gasteiger partial charge in [-0.05, 0) is 0 Å². The Morgan fingerprint density at radius 1 is 2.00 bits per heavy atom. The summed E-state index contributed by atoms with van der Waals surface area (Å²) in [6, 6.07) is 2.00. The van der Waals surface area contributed by atoms with Gasteiger partial charge in [0.25, 0.3) is 0 Å². The number of hydrogen-bond donors (Lipinski definition) is 1. The topological polar surface area (TPSA) is 35.8 Å². The molecule has 1 N–H and O–H groups in total. The van der Waals surface area contributed by atoms with Gasteiger partial charge >= 0.3 is 0 Å². The van der Waals surface area contributed by atoms with Gasteiger partial charge in [0.2, 0.25) is 0 Å². The summed E-state index contributed by atoms with van der Waals surface area (Å²) in [6.45, 7) is 0. The summed E-state index contributed by atoms with van der Waals surface area (Å²) >= 11 is 3.18. The van der Waals surface area contributed by atoms with Crippen LogP contribution in [-0.4, -0.2) is 4.95 Å². The first-order valence-electron chi connectivity index (χ1n) is 1.85. The third kappa shape index (κ3) is 0.615. The Hall–Kier alpha value is -0.490. The van der Waals surface area contributed by atoms with Gasteiger partial charge in [0.05, 0.1) is 11.6 Å². The lowest BCUT2D eigenvalue weighted by molar-refractivity contribution is 0.818. The molecule has 0 fully saturated rings. The van der Waals surface area contributed by atoms with E-state index in [1.165, 1.54) is 0 Å². The summed E-state index contributed by atoms with van der Waals surface area (Å²) in [4.78, 5) is 0.109. The minimum Gasteiger partial charge on any atom is -0.373 e. The molecule has 1 aliphatic rings. The Morgan fingerprint density at radius 2 is 2.71 bits per heavy atom. The van der Waals surface area contributed by atoms with E-state index in [-0.39, 0.29) is 4.95 Å². The highest BCUT2D eigenvalue weighted by Gasteiger charge is 2.15. The predicted octanol–water partition coefficient (Wildman–Crippen LogP) is 0.718. The van der Waals surface area contributed by atoms with Crippen molar-refractivity contribution in [3.63, 3.8) is 0 Å². The molecule has 1 aliphatic heterocycles. The molecule has 0 aromatic heterocycles. The maximum absolute atomic E-state index is 8.17. The van der Waals surface area contributed by atoms with Gasteiger partial charge in [-0.1, -0.05) is 15.9 Å². The van der Waals surface area contributed by atoms with E-state index in [0.717, 1.165) is 5.57 Å². The van der Waals surface area contributed by atoms with Gasteiger partial charge in [0.15, 0.2) is 0 Å². The third-order valence-corrected chi connectivity index (χ3v) is 1.54. The van der Waals surface area contributed by atoms with Crippen LogP contribution in [0.3, 0.4) is 0 Å². The minimum absolute atomic E-state index is 0.109. The van der Waals surface area contributed by atoms with Crippen LogP contribution in [-0.2, 0) is 0 Å². The molecule has 0 radical (unpaired) electrons. The molecule has 0 amide bonds. The Morgan fingerprint density at radius 3 is 2.71 bits per heavy atom. The fourth-order valence-corrected chi connectivity index (χ4v) is 0.685. The number of nitriles is 1. The fourth-order valence-electron chi connectivity index (χ4n) is 0.319. The van der Waals surface area contributed by atoms with Crippen LogP contribution < -0.4 is 5.32 Å². The predicted molar refractivity (Wildman–Crippen MR) is 29.5 cm³/mol. The van der Waals surface area contributed by atoms with Crippen LogP contribution >= 0.6 is 15.9 Å². The Kier molecular flexibility index (Phi) is 1.03. The Balaban J connectivity index is 2.62. The van der Waals surface area contributed by atoms with Crippen LogP contribution in [0.1, 0.15) is 0 Å². The molecule has 0 aromatic carbocycles. The van der Waals surface area contributed by atoms with E-state index >= 15 is 0 Å². The highest BCUT2D eigenvalue weighted by Crippen LogP contribution is 2.14. The number of nitrogens with zero attached hydrogens (tertiary/aromatic N) is 1. The summed E-state index contributed by atoms with van der Waals surface area (Å²) < 4.78 is 0. The van der Waals surface area contributed by atoms with E-state index < -0.39 is 0 Å². The van der Waals surface area contributed by atoms with Crippen LogP contribution in [0, 0.1) is 11.3 Å². The maximum Gasteiger partial charge on any atom is 0.118 e. The maximum atomic E-state index is 8.17. The molecule has 0 aromatic rings. The molecule has 2 nitrogen and oxygen atoms in total. The lowest BCUT2D eigenvalue weighted by Crippen LogP contribution is -2.29. The molecule has 3 heteroatoms. The van der Waals surface area contributed by atoms with Crippen molar-refractivity contribution in [3.05, 3.63) is 11.8 Å². The highest BCUT2D eigenvalue weighted by molar-refractivity contribution is 9.09. The number of nitrogens with one attached hydrogen (secondary N) is 1. The molecule has 1 rings (SSSR count). The van der Waals surface area contributed by atoms with Crippen molar-refractivity contribution >= 4 is 15.9 Å². The zero-order valence-electron chi connectivity index (χ0n) is 3.48. The van der Waals surface area contributed by atoms with Gasteiger partial charge in [0.1, 0.15) is 4.95 Å². The number of halogens is 1. The summed E-state index contributed by atoms with van der Waals surface area (Å²) in [5.41, 5.74) is 0.764. The van der Waals surface area contributed by atoms with Crippen LogP contribution in [0.2, 0.25) is 0 Å². The standard InChI is InChI=1S/C4H3BrN2/c5-4-3(1-6)2-7-4/h2,4,7H/t4-/m0/s1. The summed E-state index contributed by atoms with van der Waals surface area (Å²) in [6.07, 6.45) is 1.68. The zero-order chi connectivity index (χ0) is 5.28. The first-order valence-corrected chi connectivity index (χ1v) is 2.76.